The third-order valence-electron chi connectivity index (χ3n) is 4.21. The van der Waals surface area contributed by atoms with Crippen LogP contribution in [0.25, 0.3) is 0 Å². The SMILES string of the molecule is CC(=O)Nc1ccc(OCc2ccc(C(=O)Nc3ccc(Cl)c(C)c3)cc2)cc1. The highest BCUT2D eigenvalue weighted by Crippen LogP contribution is 2.20. The Morgan fingerprint density at radius 1 is 0.897 bits per heavy atom. The maximum Gasteiger partial charge on any atom is 0.255 e. The van der Waals surface area contributed by atoms with Crippen LogP contribution in [0.4, 0.5) is 11.4 Å². The summed E-state index contributed by atoms with van der Waals surface area (Å²) >= 11 is 6.01. The van der Waals surface area contributed by atoms with Crippen molar-refractivity contribution in [3.8, 4) is 5.75 Å². The molecule has 0 bridgehead atoms. The molecule has 0 heterocycles. The largest absolute Gasteiger partial charge is 0.489 e. The number of carbonyl (C=O) groups is 2. The summed E-state index contributed by atoms with van der Waals surface area (Å²) in [6.07, 6.45) is 0. The van der Waals surface area contributed by atoms with Gasteiger partial charge in [0, 0.05) is 28.9 Å². The van der Waals surface area contributed by atoms with E-state index >= 15 is 0 Å². The second-order valence-corrected chi connectivity index (χ2v) is 7.02. The van der Waals surface area contributed by atoms with Gasteiger partial charge in [0.25, 0.3) is 5.91 Å². The second kappa shape index (κ2) is 9.26. The van der Waals surface area contributed by atoms with Gasteiger partial charge in [0.05, 0.1) is 0 Å². The fourth-order valence-electron chi connectivity index (χ4n) is 2.68. The zero-order chi connectivity index (χ0) is 20.8. The molecule has 29 heavy (non-hydrogen) atoms. The number of benzene rings is 3. The number of hydrogen-bond acceptors (Lipinski definition) is 3. The lowest BCUT2D eigenvalue weighted by Crippen LogP contribution is -2.12. The molecule has 0 aliphatic heterocycles. The van der Waals surface area contributed by atoms with E-state index < -0.39 is 0 Å². The van der Waals surface area contributed by atoms with Crippen molar-refractivity contribution in [3.63, 3.8) is 0 Å². The molecular formula is C23H21ClN2O3. The van der Waals surface area contributed by atoms with Gasteiger partial charge in [-0.15, -0.1) is 0 Å². The molecular weight excluding hydrogens is 388 g/mol. The van der Waals surface area contributed by atoms with Crippen LogP contribution in [0.2, 0.25) is 5.02 Å². The van der Waals surface area contributed by atoms with Crippen LogP contribution in [0.3, 0.4) is 0 Å². The average Bonchev–Trinajstić information content (AvgIpc) is 2.70. The molecule has 0 atom stereocenters. The molecule has 0 fully saturated rings. The molecule has 0 spiro atoms. The molecule has 5 nitrogen and oxygen atoms in total. The molecule has 0 saturated carbocycles. The highest BCUT2D eigenvalue weighted by Gasteiger charge is 2.07. The van der Waals surface area contributed by atoms with E-state index in [1.165, 1.54) is 6.92 Å². The molecule has 3 aromatic rings. The first kappa shape index (κ1) is 20.4. The second-order valence-electron chi connectivity index (χ2n) is 6.61. The average molecular weight is 409 g/mol. The van der Waals surface area contributed by atoms with Gasteiger partial charge in [-0.05, 0) is 72.6 Å². The van der Waals surface area contributed by atoms with E-state index in [9.17, 15) is 9.59 Å². The van der Waals surface area contributed by atoms with E-state index in [0.29, 0.717) is 28.6 Å². The van der Waals surface area contributed by atoms with Crippen LogP contribution < -0.4 is 15.4 Å². The first-order valence-electron chi connectivity index (χ1n) is 9.07. The van der Waals surface area contributed by atoms with Gasteiger partial charge in [-0.1, -0.05) is 23.7 Å². The van der Waals surface area contributed by atoms with E-state index in [1.807, 2.05) is 25.1 Å². The van der Waals surface area contributed by atoms with Crippen molar-refractivity contribution in [1.82, 2.24) is 0 Å². The Kier molecular flexibility index (Phi) is 6.52. The van der Waals surface area contributed by atoms with Crippen molar-refractivity contribution in [2.75, 3.05) is 10.6 Å². The van der Waals surface area contributed by atoms with Crippen LogP contribution in [-0.2, 0) is 11.4 Å². The predicted molar refractivity (Wildman–Crippen MR) is 116 cm³/mol. The maximum atomic E-state index is 12.4. The Bertz CT molecular complexity index is 1020. The van der Waals surface area contributed by atoms with Crippen molar-refractivity contribution in [2.24, 2.45) is 0 Å². The minimum absolute atomic E-state index is 0.117. The lowest BCUT2D eigenvalue weighted by molar-refractivity contribution is -0.114. The van der Waals surface area contributed by atoms with Crippen molar-refractivity contribution >= 4 is 34.8 Å². The lowest BCUT2D eigenvalue weighted by Gasteiger charge is -2.09. The molecule has 2 N–H and O–H groups in total. The van der Waals surface area contributed by atoms with Gasteiger partial charge in [-0.2, -0.15) is 0 Å². The Morgan fingerprint density at radius 2 is 1.55 bits per heavy atom. The van der Waals surface area contributed by atoms with Gasteiger partial charge in [-0.3, -0.25) is 9.59 Å². The minimum Gasteiger partial charge on any atom is -0.489 e. The molecule has 2 amide bonds. The predicted octanol–water partition coefficient (Wildman–Crippen LogP) is 5.44. The summed E-state index contributed by atoms with van der Waals surface area (Å²) in [6, 6.07) is 19.7. The highest BCUT2D eigenvalue weighted by atomic mass is 35.5. The normalized spacial score (nSPS) is 10.3. The first-order valence-corrected chi connectivity index (χ1v) is 9.45. The van der Waals surface area contributed by atoms with Crippen LogP contribution in [-0.4, -0.2) is 11.8 Å². The summed E-state index contributed by atoms with van der Waals surface area (Å²) in [5.41, 5.74) is 3.82. The van der Waals surface area contributed by atoms with Gasteiger partial charge in [0.1, 0.15) is 12.4 Å². The van der Waals surface area contributed by atoms with Crippen LogP contribution >= 0.6 is 11.6 Å². The molecule has 148 valence electrons. The smallest absolute Gasteiger partial charge is 0.255 e. The first-order chi connectivity index (χ1) is 13.9. The Labute approximate surface area is 174 Å². The molecule has 0 aliphatic rings. The third kappa shape index (κ3) is 5.83. The fraction of sp³-hybridized carbons (Fsp3) is 0.130. The fourth-order valence-corrected chi connectivity index (χ4v) is 2.80. The van der Waals surface area contributed by atoms with E-state index in [2.05, 4.69) is 10.6 Å². The van der Waals surface area contributed by atoms with Crippen molar-refractivity contribution in [2.45, 2.75) is 20.5 Å². The zero-order valence-electron chi connectivity index (χ0n) is 16.2. The number of ether oxygens (including phenoxy) is 1. The van der Waals surface area contributed by atoms with Crippen LogP contribution in [0.1, 0.15) is 28.4 Å². The van der Waals surface area contributed by atoms with E-state index in [1.54, 1.807) is 48.5 Å². The summed E-state index contributed by atoms with van der Waals surface area (Å²) in [5, 5.41) is 6.23. The number of halogens is 1. The number of anilines is 2. The molecule has 0 radical (unpaired) electrons. The quantitative estimate of drug-likeness (QED) is 0.570. The highest BCUT2D eigenvalue weighted by molar-refractivity contribution is 6.31. The van der Waals surface area contributed by atoms with Gasteiger partial charge < -0.3 is 15.4 Å². The summed E-state index contributed by atoms with van der Waals surface area (Å²) in [4.78, 5) is 23.4. The monoisotopic (exact) mass is 408 g/mol. The summed E-state index contributed by atoms with van der Waals surface area (Å²) in [7, 11) is 0. The topological polar surface area (TPSA) is 67.4 Å². The zero-order valence-corrected chi connectivity index (χ0v) is 16.9. The molecule has 0 aliphatic carbocycles. The number of hydrogen-bond donors (Lipinski definition) is 2. The van der Waals surface area contributed by atoms with Crippen molar-refractivity contribution in [3.05, 3.63) is 88.4 Å². The van der Waals surface area contributed by atoms with Crippen molar-refractivity contribution < 1.29 is 14.3 Å². The number of nitrogens with one attached hydrogen (secondary N) is 2. The van der Waals surface area contributed by atoms with Crippen molar-refractivity contribution in [1.29, 1.82) is 0 Å². The molecule has 3 rings (SSSR count). The standard InChI is InChI=1S/C23H21ClN2O3/c1-15-13-20(9-12-22(15)24)26-23(28)18-5-3-17(4-6-18)14-29-21-10-7-19(8-11-21)25-16(2)27/h3-13H,14H2,1-2H3,(H,25,27)(H,26,28). The molecule has 0 saturated heterocycles. The Hall–Kier alpha value is -3.31. The molecule has 3 aromatic carbocycles. The maximum absolute atomic E-state index is 12.4. The number of aryl methyl sites for hydroxylation is 1. The third-order valence-corrected chi connectivity index (χ3v) is 4.64. The van der Waals surface area contributed by atoms with Gasteiger partial charge >= 0.3 is 0 Å². The van der Waals surface area contributed by atoms with Crippen LogP contribution in [0.15, 0.2) is 66.7 Å². The van der Waals surface area contributed by atoms with Gasteiger partial charge in [-0.25, -0.2) is 0 Å². The van der Waals surface area contributed by atoms with Gasteiger partial charge in [0.2, 0.25) is 5.91 Å². The lowest BCUT2D eigenvalue weighted by atomic mass is 10.1. The summed E-state index contributed by atoms with van der Waals surface area (Å²) < 4.78 is 5.75. The summed E-state index contributed by atoms with van der Waals surface area (Å²) in [5.74, 6) is 0.390. The van der Waals surface area contributed by atoms with E-state index in [0.717, 1.165) is 16.8 Å². The van der Waals surface area contributed by atoms with Gasteiger partial charge in [0.15, 0.2) is 0 Å². The Morgan fingerprint density at radius 3 is 2.17 bits per heavy atom. The molecule has 6 heteroatoms. The van der Waals surface area contributed by atoms with Crippen LogP contribution in [0.5, 0.6) is 5.75 Å². The molecule has 0 unspecified atom stereocenters. The number of carbonyl (C=O) groups excluding carboxylic acids is 2. The summed E-state index contributed by atoms with van der Waals surface area (Å²) in [6.45, 7) is 3.72. The molecule has 0 aromatic heterocycles. The minimum atomic E-state index is -0.187. The Balaban J connectivity index is 1.56. The number of amides is 2. The number of rotatable bonds is 6. The van der Waals surface area contributed by atoms with E-state index in [4.69, 9.17) is 16.3 Å². The van der Waals surface area contributed by atoms with E-state index in [-0.39, 0.29) is 11.8 Å². The van der Waals surface area contributed by atoms with Crippen LogP contribution in [0, 0.1) is 6.92 Å².